The summed E-state index contributed by atoms with van der Waals surface area (Å²) in [4.78, 5) is 12.9. The molecule has 0 aromatic carbocycles. The van der Waals surface area contributed by atoms with E-state index in [1.54, 1.807) is 12.4 Å². The fourth-order valence-electron chi connectivity index (χ4n) is 3.08. The van der Waals surface area contributed by atoms with Crippen LogP contribution in [0, 0.1) is 0 Å². The van der Waals surface area contributed by atoms with Crippen LogP contribution in [0.2, 0.25) is 0 Å². The van der Waals surface area contributed by atoms with Gasteiger partial charge < -0.3 is 9.80 Å². The predicted molar refractivity (Wildman–Crippen MR) is 91.3 cm³/mol. The van der Waals surface area contributed by atoms with Crippen molar-refractivity contribution < 1.29 is 0 Å². The summed E-state index contributed by atoms with van der Waals surface area (Å²) in [5.74, 6) is 3.00. The van der Waals surface area contributed by atoms with E-state index in [2.05, 4.69) is 30.2 Å². The highest BCUT2D eigenvalue weighted by Crippen LogP contribution is 2.28. The van der Waals surface area contributed by atoms with Crippen LogP contribution in [0.3, 0.4) is 0 Å². The molecule has 0 unspecified atom stereocenters. The number of aromatic nitrogens is 6. The third-order valence-corrected chi connectivity index (χ3v) is 4.43. The number of hydrogen-bond donors (Lipinski definition) is 0. The normalized spacial score (nSPS) is 15.8. The molecule has 8 nitrogen and oxygen atoms in total. The molecule has 1 aliphatic heterocycles. The van der Waals surface area contributed by atoms with Crippen LogP contribution in [0.4, 0.5) is 11.8 Å². The van der Waals surface area contributed by atoms with Crippen molar-refractivity contribution in [2.75, 3.05) is 37.0 Å². The molecule has 1 aliphatic rings. The van der Waals surface area contributed by atoms with E-state index in [1.165, 1.54) is 0 Å². The topological polar surface area (TPSA) is 75.3 Å². The van der Waals surface area contributed by atoms with Crippen molar-refractivity contribution in [1.29, 1.82) is 0 Å². The summed E-state index contributed by atoms with van der Waals surface area (Å²) in [7, 11) is 3.97. The number of piperidine rings is 1. The molecule has 124 valence electrons. The van der Waals surface area contributed by atoms with E-state index >= 15 is 0 Å². The Labute approximate surface area is 140 Å². The second kappa shape index (κ2) is 6.03. The van der Waals surface area contributed by atoms with Crippen LogP contribution in [-0.4, -0.2) is 57.0 Å². The Kier molecular flexibility index (Phi) is 3.72. The molecule has 0 aliphatic carbocycles. The first-order valence-corrected chi connectivity index (χ1v) is 8.14. The van der Waals surface area contributed by atoms with Crippen molar-refractivity contribution in [3.05, 3.63) is 36.4 Å². The van der Waals surface area contributed by atoms with Crippen molar-refractivity contribution in [3.63, 3.8) is 0 Å². The molecule has 1 fully saturated rings. The van der Waals surface area contributed by atoms with Crippen LogP contribution in [0.5, 0.6) is 0 Å². The summed E-state index contributed by atoms with van der Waals surface area (Å²) >= 11 is 0. The van der Waals surface area contributed by atoms with Gasteiger partial charge in [-0.15, -0.1) is 15.3 Å². The summed E-state index contributed by atoms with van der Waals surface area (Å²) < 4.78 is 1.88. The van der Waals surface area contributed by atoms with Gasteiger partial charge in [-0.2, -0.15) is 4.52 Å². The summed E-state index contributed by atoms with van der Waals surface area (Å²) in [5, 5.41) is 13.3. The van der Waals surface area contributed by atoms with Crippen LogP contribution in [0.15, 0.2) is 30.6 Å². The Bertz CT molecular complexity index is 820. The standard InChI is InChI=1S/C16H20N8/c1-22(2)14-5-4-13-19-20-15(24(13)21-14)12-6-10-23(11-7-12)16-17-8-3-9-18-16/h3-5,8-9,12H,6-7,10-11H2,1-2H3. The molecule has 3 aromatic rings. The van der Waals surface area contributed by atoms with E-state index in [1.807, 2.05) is 41.7 Å². The highest BCUT2D eigenvalue weighted by atomic mass is 15.4. The van der Waals surface area contributed by atoms with E-state index < -0.39 is 0 Å². The number of hydrogen-bond acceptors (Lipinski definition) is 7. The van der Waals surface area contributed by atoms with Gasteiger partial charge in [0, 0.05) is 45.5 Å². The number of rotatable bonds is 3. The molecule has 0 bridgehead atoms. The highest BCUT2D eigenvalue weighted by molar-refractivity contribution is 5.45. The zero-order chi connectivity index (χ0) is 16.5. The Morgan fingerprint density at radius 2 is 1.79 bits per heavy atom. The molecule has 0 atom stereocenters. The van der Waals surface area contributed by atoms with Crippen LogP contribution >= 0.6 is 0 Å². The fourth-order valence-corrected chi connectivity index (χ4v) is 3.08. The molecule has 4 rings (SSSR count). The second-order valence-electron chi connectivity index (χ2n) is 6.22. The molecule has 3 aromatic heterocycles. The first-order chi connectivity index (χ1) is 11.7. The molecule has 1 saturated heterocycles. The lowest BCUT2D eigenvalue weighted by Gasteiger charge is -2.30. The molecule has 0 saturated carbocycles. The average Bonchev–Trinajstić information content (AvgIpc) is 3.06. The third kappa shape index (κ3) is 2.64. The Balaban J connectivity index is 1.55. The van der Waals surface area contributed by atoms with E-state index in [-0.39, 0.29) is 0 Å². The lowest BCUT2D eigenvalue weighted by Crippen LogP contribution is -2.34. The zero-order valence-corrected chi connectivity index (χ0v) is 13.9. The van der Waals surface area contributed by atoms with Gasteiger partial charge in [-0.05, 0) is 31.0 Å². The van der Waals surface area contributed by atoms with Crippen molar-refractivity contribution in [3.8, 4) is 0 Å². The molecule has 4 heterocycles. The van der Waals surface area contributed by atoms with Crippen LogP contribution in [0.1, 0.15) is 24.6 Å². The Hall–Kier alpha value is -2.77. The minimum Gasteiger partial charge on any atom is -0.361 e. The summed E-state index contributed by atoms with van der Waals surface area (Å²) in [6.07, 6.45) is 5.56. The third-order valence-electron chi connectivity index (χ3n) is 4.43. The highest BCUT2D eigenvalue weighted by Gasteiger charge is 2.26. The van der Waals surface area contributed by atoms with Gasteiger partial charge in [-0.3, -0.25) is 0 Å². The molecular weight excluding hydrogens is 304 g/mol. The summed E-state index contributed by atoms with van der Waals surface area (Å²) in [5.41, 5.74) is 0.796. The van der Waals surface area contributed by atoms with Gasteiger partial charge in [-0.1, -0.05) is 0 Å². The van der Waals surface area contributed by atoms with Gasteiger partial charge in [0.05, 0.1) is 0 Å². The Morgan fingerprint density at radius 1 is 1.04 bits per heavy atom. The van der Waals surface area contributed by atoms with Crippen molar-refractivity contribution >= 4 is 17.4 Å². The van der Waals surface area contributed by atoms with Gasteiger partial charge in [0.15, 0.2) is 11.5 Å². The van der Waals surface area contributed by atoms with Gasteiger partial charge in [-0.25, -0.2) is 9.97 Å². The van der Waals surface area contributed by atoms with Crippen LogP contribution in [0.25, 0.3) is 5.65 Å². The van der Waals surface area contributed by atoms with E-state index in [9.17, 15) is 0 Å². The molecule has 8 heteroatoms. The summed E-state index contributed by atoms with van der Waals surface area (Å²) in [6.45, 7) is 1.83. The minimum atomic E-state index is 0.352. The van der Waals surface area contributed by atoms with E-state index in [0.29, 0.717) is 5.92 Å². The molecule has 0 amide bonds. The van der Waals surface area contributed by atoms with Crippen molar-refractivity contribution in [2.45, 2.75) is 18.8 Å². The summed E-state index contributed by atoms with van der Waals surface area (Å²) in [6, 6.07) is 5.77. The monoisotopic (exact) mass is 324 g/mol. The van der Waals surface area contributed by atoms with Gasteiger partial charge >= 0.3 is 0 Å². The predicted octanol–water partition coefficient (Wildman–Crippen LogP) is 1.36. The van der Waals surface area contributed by atoms with E-state index in [0.717, 1.165) is 49.2 Å². The molecule has 0 radical (unpaired) electrons. The zero-order valence-electron chi connectivity index (χ0n) is 13.9. The van der Waals surface area contributed by atoms with Gasteiger partial charge in [0.25, 0.3) is 0 Å². The quantitative estimate of drug-likeness (QED) is 0.720. The average molecular weight is 324 g/mol. The maximum Gasteiger partial charge on any atom is 0.225 e. The first kappa shape index (κ1) is 14.8. The van der Waals surface area contributed by atoms with E-state index in [4.69, 9.17) is 0 Å². The van der Waals surface area contributed by atoms with Crippen LogP contribution in [-0.2, 0) is 0 Å². The first-order valence-electron chi connectivity index (χ1n) is 8.14. The number of fused-ring (bicyclic) bond motifs is 1. The van der Waals surface area contributed by atoms with Crippen molar-refractivity contribution in [2.24, 2.45) is 0 Å². The number of anilines is 2. The maximum atomic E-state index is 4.67. The minimum absolute atomic E-state index is 0.352. The SMILES string of the molecule is CN(C)c1ccc2nnc(C3CCN(c4ncccn4)CC3)n2n1. The number of nitrogens with zero attached hydrogens (tertiary/aromatic N) is 8. The molecule has 0 N–H and O–H groups in total. The largest absolute Gasteiger partial charge is 0.361 e. The Morgan fingerprint density at radius 3 is 2.50 bits per heavy atom. The lowest BCUT2D eigenvalue weighted by atomic mass is 9.96. The maximum absolute atomic E-state index is 4.67. The fraction of sp³-hybridized carbons (Fsp3) is 0.438. The van der Waals surface area contributed by atoms with Gasteiger partial charge in [0.2, 0.25) is 5.95 Å². The molecule has 0 spiro atoms. The molecule has 24 heavy (non-hydrogen) atoms. The van der Waals surface area contributed by atoms with Crippen LogP contribution < -0.4 is 9.80 Å². The van der Waals surface area contributed by atoms with Crippen molar-refractivity contribution in [1.82, 2.24) is 29.8 Å². The van der Waals surface area contributed by atoms with Gasteiger partial charge in [0.1, 0.15) is 5.82 Å². The second-order valence-corrected chi connectivity index (χ2v) is 6.22. The molecular formula is C16H20N8. The smallest absolute Gasteiger partial charge is 0.225 e. The lowest BCUT2D eigenvalue weighted by molar-refractivity contribution is 0.472.